The zero-order chi connectivity index (χ0) is 18.1. The molecule has 4 rings (SSSR count). The number of aromatic nitrogens is 3. The number of carbonyl (C=O) groups is 1. The van der Waals surface area contributed by atoms with Crippen molar-refractivity contribution in [1.29, 1.82) is 0 Å². The minimum atomic E-state index is -0.196. The quantitative estimate of drug-likeness (QED) is 0.483. The highest BCUT2D eigenvalue weighted by atomic mass is 35.5. The Morgan fingerprint density at radius 2 is 2.12 bits per heavy atom. The summed E-state index contributed by atoms with van der Waals surface area (Å²) in [5, 5.41) is 2.97. The third-order valence-electron chi connectivity index (χ3n) is 4.16. The number of imidazole rings is 1. The van der Waals surface area contributed by atoms with Gasteiger partial charge in [-0.05, 0) is 30.7 Å². The number of benzene rings is 1. The van der Waals surface area contributed by atoms with E-state index in [2.05, 4.69) is 22.2 Å². The number of hydrogen-bond acceptors (Lipinski definition) is 3. The lowest BCUT2D eigenvalue weighted by molar-refractivity contribution is 0.102. The second-order valence-corrected chi connectivity index (χ2v) is 7.63. The number of rotatable bonds is 5. The van der Waals surface area contributed by atoms with Crippen molar-refractivity contribution >= 4 is 45.8 Å². The van der Waals surface area contributed by atoms with Crippen molar-refractivity contribution in [3.8, 4) is 10.4 Å². The summed E-state index contributed by atoms with van der Waals surface area (Å²) in [6.07, 6.45) is 4.46. The summed E-state index contributed by atoms with van der Waals surface area (Å²) in [5.74, 6) is 0.368. The number of thiophene rings is 1. The first-order valence-corrected chi connectivity index (χ1v) is 9.56. The van der Waals surface area contributed by atoms with Gasteiger partial charge >= 0.3 is 0 Å². The molecular formula is C19H17ClN4OS. The van der Waals surface area contributed by atoms with Crippen molar-refractivity contribution < 1.29 is 4.79 Å². The van der Waals surface area contributed by atoms with Crippen LogP contribution in [0.25, 0.3) is 21.5 Å². The van der Waals surface area contributed by atoms with E-state index in [1.165, 1.54) is 11.3 Å². The maximum absolute atomic E-state index is 12.9. The highest BCUT2D eigenvalue weighted by molar-refractivity contribution is 7.19. The fourth-order valence-electron chi connectivity index (χ4n) is 3.00. The molecule has 26 heavy (non-hydrogen) atoms. The van der Waals surface area contributed by atoms with Gasteiger partial charge in [0.15, 0.2) is 0 Å². The number of fused-ring (bicyclic) bond motifs is 1. The lowest BCUT2D eigenvalue weighted by atomic mass is 10.1. The van der Waals surface area contributed by atoms with E-state index in [0.29, 0.717) is 15.8 Å². The van der Waals surface area contributed by atoms with Gasteiger partial charge in [-0.25, -0.2) is 4.98 Å². The highest BCUT2D eigenvalue weighted by Gasteiger charge is 2.18. The van der Waals surface area contributed by atoms with Crippen LogP contribution in [-0.4, -0.2) is 20.4 Å². The van der Waals surface area contributed by atoms with E-state index in [4.69, 9.17) is 11.6 Å². The zero-order valence-electron chi connectivity index (χ0n) is 14.1. The third kappa shape index (κ3) is 3.02. The zero-order valence-corrected chi connectivity index (χ0v) is 15.7. The Morgan fingerprint density at radius 1 is 1.27 bits per heavy atom. The highest BCUT2D eigenvalue weighted by Crippen LogP contribution is 2.33. The summed E-state index contributed by atoms with van der Waals surface area (Å²) in [6.45, 7) is 2.89. The number of halogens is 1. The van der Waals surface area contributed by atoms with Crippen molar-refractivity contribution in [3.05, 3.63) is 58.7 Å². The molecule has 0 spiro atoms. The van der Waals surface area contributed by atoms with Crippen LogP contribution in [0.4, 0.5) is 5.95 Å². The first-order valence-electron chi connectivity index (χ1n) is 8.36. The molecule has 3 heterocycles. The molecule has 7 heteroatoms. The Morgan fingerprint density at radius 3 is 2.88 bits per heavy atom. The molecule has 0 bridgehead atoms. The Kier molecular flexibility index (Phi) is 4.53. The van der Waals surface area contributed by atoms with E-state index in [9.17, 15) is 4.79 Å². The lowest BCUT2D eigenvalue weighted by Gasteiger charge is -2.09. The van der Waals surface area contributed by atoms with E-state index in [0.717, 1.165) is 34.4 Å². The summed E-state index contributed by atoms with van der Waals surface area (Å²) in [4.78, 5) is 21.4. The maximum Gasteiger partial charge on any atom is 0.260 e. The van der Waals surface area contributed by atoms with Gasteiger partial charge < -0.3 is 9.55 Å². The molecule has 4 aromatic rings. The summed E-state index contributed by atoms with van der Waals surface area (Å²) < 4.78 is 2.74. The van der Waals surface area contributed by atoms with Crippen LogP contribution in [0.15, 0.2) is 48.8 Å². The topological polar surface area (TPSA) is 62.7 Å². The van der Waals surface area contributed by atoms with Crippen LogP contribution in [0, 0.1) is 0 Å². The molecule has 0 unspecified atom stereocenters. The normalized spacial score (nSPS) is 11.2. The molecule has 0 atom stereocenters. The molecule has 0 saturated heterocycles. The van der Waals surface area contributed by atoms with Gasteiger partial charge in [-0.2, -0.15) is 0 Å². The van der Waals surface area contributed by atoms with Gasteiger partial charge in [0.1, 0.15) is 0 Å². The molecule has 0 aliphatic heterocycles. The lowest BCUT2D eigenvalue weighted by Crippen LogP contribution is -2.16. The standard InChI is InChI=1S/C19H17ClN4OS/c1-2-9-24-15-6-4-3-5-14(15)22-19(24)23-18(25)13-11-21-10-12(13)16-7-8-17(20)26-16/h3-8,10-11,21H,2,9H2,1H3,(H,22,23,25). The number of anilines is 1. The first-order chi connectivity index (χ1) is 12.7. The SMILES string of the molecule is CCCn1c(NC(=O)c2c[nH]cc2-c2ccc(Cl)s2)nc2ccccc21. The second-order valence-electron chi connectivity index (χ2n) is 5.92. The average molecular weight is 385 g/mol. The Balaban J connectivity index is 1.69. The van der Waals surface area contributed by atoms with Crippen LogP contribution in [0.2, 0.25) is 4.34 Å². The van der Waals surface area contributed by atoms with Gasteiger partial charge in [0, 0.05) is 29.4 Å². The smallest absolute Gasteiger partial charge is 0.260 e. The average Bonchev–Trinajstić information content (AvgIpc) is 3.34. The first kappa shape index (κ1) is 16.9. The number of nitrogens with one attached hydrogen (secondary N) is 2. The van der Waals surface area contributed by atoms with Crippen molar-refractivity contribution in [2.75, 3.05) is 5.32 Å². The van der Waals surface area contributed by atoms with Crippen molar-refractivity contribution in [2.24, 2.45) is 0 Å². The molecule has 3 aromatic heterocycles. The molecule has 0 aliphatic carbocycles. The number of nitrogens with zero attached hydrogens (tertiary/aromatic N) is 2. The maximum atomic E-state index is 12.9. The van der Waals surface area contributed by atoms with E-state index >= 15 is 0 Å². The van der Waals surface area contributed by atoms with Crippen molar-refractivity contribution in [3.63, 3.8) is 0 Å². The number of aryl methyl sites for hydroxylation is 1. The Labute approximate surface area is 159 Å². The molecule has 5 nitrogen and oxygen atoms in total. The van der Waals surface area contributed by atoms with Gasteiger partial charge in [-0.15, -0.1) is 11.3 Å². The van der Waals surface area contributed by atoms with Crippen molar-refractivity contribution in [2.45, 2.75) is 19.9 Å². The molecule has 0 saturated carbocycles. The monoisotopic (exact) mass is 384 g/mol. The summed E-state index contributed by atoms with van der Waals surface area (Å²) in [7, 11) is 0. The molecule has 2 N–H and O–H groups in total. The van der Waals surface area contributed by atoms with Gasteiger partial charge in [-0.1, -0.05) is 30.7 Å². The molecule has 1 aromatic carbocycles. The van der Waals surface area contributed by atoms with Crippen LogP contribution in [0.3, 0.4) is 0 Å². The number of amides is 1. The Bertz CT molecular complexity index is 1080. The molecule has 132 valence electrons. The van der Waals surface area contributed by atoms with Gasteiger partial charge in [-0.3, -0.25) is 10.1 Å². The fraction of sp³-hybridized carbons (Fsp3) is 0.158. The van der Waals surface area contributed by atoms with Crippen LogP contribution in [0.5, 0.6) is 0 Å². The molecule has 1 amide bonds. The number of H-pyrrole nitrogens is 1. The number of para-hydroxylation sites is 2. The number of hydrogen-bond donors (Lipinski definition) is 2. The van der Waals surface area contributed by atoms with E-state index in [-0.39, 0.29) is 5.91 Å². The largest absolute Gasteiger partial charge is 0.366 e. The van der Waals surface area contributed by atoms with Crippen molar-refractivity contribution in [1.82, 2.24) is 14.5 Å². The van der Waals surface area contributed by atoms with E-state index < -0.39 is 0 Å². The van der Waals surface area contributed by atoms with Crippen LogP contribution >= 0.6 is 22.9 Å². The predicted molar refractivity (Wildman–Crippen MR) is 107 cm³/mol. The molecule has 0 radical (unpaired) electrons. The summed E-state index contributed by atoms with van der Waals surface area (Å²) in [6, 6.07) is 11.6. The van der Waals surface area contributed by atoms with E-state index in [1.54, 1.807) is 6.20 Å². The summed E-state index contributed by atoms with van der Waals surface area (Å²) >= 11 is 7.48. The fourth-order valence-corrected chi connectivity index (χ4v) is 4.08. The Hall–Kier alpha value is -2.57. The van der Waals surface area contributed by atoms with Gasteiger partial charge in [0.2, 0.25) is 5.95 Å². The van der Waals surface area contributed by atoms with Crippen LogP contribution in [0.1, 0.15) is 23.7 Å². The minimum Gasteiger partial charge on any atom is -0.366 e. The number of carbonyl (C=O) groups excluding carboxylic acids is 1. The third-order valence-corrected chi connectivity index (χ3v) is 5.42. The minimum absolute atomic E-state index is 0.196. The van der Waals surface area contributed by atoms with Gasteiger partial charge in [0.05, 0.1) is 20.9 Å². The predicted octanol–water partition coefficient (Wildman–Crippen LogP) is 5.41. The molecule has 0 aliphatic rings. The summed E-state index contributed by atoms with van der Waals surface area (Å²) in [5.41, 5.74) is 3.29. The van der Waals surface area contributed by atoms with E-state index in [1.807, 2.05) is 47.2 Å². The number of aromatic amines is 1. The van der Waals surface area contributed by atoms with Gasteiger partial charge in [0.25, 0.3) is 5.91 Å². The van der Waals surface area contributed by atoms with Crippen LogP contribution < -0.4 is 5.32 Å². The molecular weight excluding hydrogens is 368 g/mol. The van der Waals surface area contributed by atoms with Crippen LogP contribution in [-0.2, 0) is 6.54 Å². The molecule has 0 fully saturated rings. The second kappa shape index (κ2) is 6.97.